The molecule has 598 valence electrons. The number of nitrogens with one attached hydrogen (secondary N) is 8. The molecule has 0 aliphatic carbocycles. The van der Waals surface area contributed by atoms with Gasteiger partial charge in [-0.1, -0.05) is 72.3 Å². The number of carbonyl (C=O) groups is 8. The van der Waals surface area contributed by atoms with E-state index in [0.717, 1.165) is 11.8 Å². The number of nitrogens with zero attached hydrogens (tertiary/aromatic N) is 8. The standard InChI is InChI=1S/C21H20N4O5S.C21H20N4O5.C20H17ClN4O3.C20H17FN4O3/c1-14(26)24-19-12-21(23-13-22-19)30-17-7-5-16(6-8-17)25-20(27)11-15-3-9-18(10-4-15)31(2,28)29;1-13(26)24-18-11-19(23-12-22-18)30-17-9-5-15(6-10-17)25-21(28)20(27)14-3-7-16(29-2)8-4-14;2*1-13(26)24-18-11-20(23-12-22-18)28-16-8-6-15(7-9-16)25-19(27)10-14-4-2-3-5-17(14)21/h3-10,12-13H,11H2,1-2H3,(H,25,27)(H,22,23,24,26);3-12,20,27H,1-2H3,(H,25,28)(H,22,23,24,26);2*2-9,11-12H,10H2,1H3,(H,25,27)(H,22,23,24,26). The number of ether oxygens (including phenoxy) is 5. The van der Waals surface area contributed by atoms with Gasteiger partial charge < -0.3 is 71.3 Å². The van der Waals surface area contributed by atoms with E-state index < -0.39 is 27.7 Å². The minimum absolute atomic E-state index is 0.0578. The molecule has 0 radical (unpaired) electrons. The minimum atomic E-state index is -3.27. The Hall–Kier alpha value is -15.0. The molecule has 12 rings (SSSR count). The molecule has 0 saturated carbocycles. The Morgan fingerprint density at radius 1 is 0.393 bits per heavy atom. The highest BCUT2D eigenvalue weighted by Crippen LogP contribution is 2.29. The number of aliphatic hydroxyl groups excluding tert-OH is 1. The van der Waals surface area contributed by atoms with Gasteiger partial charge in [0.25, 0.3) is 5.91 Å². The number of carbonyl (C=O) groups excluding carboxylic acids is 8. The Morgan fingerprint density at radius 2 is 0.709 bits per heavy atom. The molecule has 8 aromatic carbocycles. The molecule has 35 heteroatoms. The second-order valence-corrected chi connectivity index (χ2v) is 27.1. The van der Waals surface area contributed by atoms with Crippen molar-refractivity contribution in [1.29, 1.82) is 0 Å². The Bertz CT molecular complexity index is 5410. The first-order valence-corrected chi connectivity index (χ1v) is 37.2. The van der Waals surface area contributed by atoms with E-state index in [9.17, 15) is 56.3 Å². The van der Waals surface area contributed by atoms with Gasteiger partial charge in [0.2, 0.25) is 64.9 Å². The number of rotatable bonds is 26. The van der Waals surface area contributed by atoms with Crippen LogP contribution >= 0.6 is 11.6 Å². The van der Waals surface area contributed by atoms with Crippen molar-refractivity contribution in [3.05, 3.63) is 277 Å². The summed E-state index contributed by atoms with van der Waals surface area (Å²) in [6.07, 6.45) is 5.17. The lowest BCUT2D eigenvalue weighted by Crippen LogP contribution is -2.20. The number of amides is 8. The van der Waals surface area contributed by atoms with Crippen molar-refractivity contribution in [3.63, 3.8) is 0 Å². The van der Waals surface area contributed by atoms with Crippen molar-refractivity contribution in [3.8, 4) is 52.3 Å². The maximum Gasteiger partial charge on any atom is 0.257 e. The van der Waals surface area contributed by atoms with Crippen molar-refractivity contribution in [2.75, 3.05) is 55.9 Å². The van der Waals surface area contributed by atoms with E-state index >= 15 is 0 Å². The second kappa shape index (κ2) is 42.6. The van der Waals surface area contributed by atoms with E-state index in [1.807, 2.05) is 18.2 Å². The maximum absolute atomic E-state index is 13.6. The van der Waals surface area contributed by atoms with Crippen LogP contribution in [0.4, 0.5) is 50.4 Å². The molecule has 0 fully saturated rings. The van der Waals surface area contributed by atoms with Crippen molar-refractivity contribution in [2.45, 2.75) is 58.0 Å². The predicted molar refractivity (Wildman–Crippen MR) is 432 cm³/mol. The second-order valence-electron chi connectivity index (χ2n) is 24.6. The fourth-order valence-corrected chi connectivity index (χ4v) is 10.8. The summed E-state index contributed by atoms with van der Waals surface area (Å²) in [4.78, 5) is 125. The van der Waals surface area contributed by atoms with Crippen LogP contribution in [-0.4, -0.2) is 114 Å². The maximum atomic E-state index is 13.6. The summed E-state index contributed by atoms with van der Waals surface area (Å²) in [7, 11) is -1.73. The molecule has 0 spiro atoms. The fraction of sp³-hybridized carbons (Fsp3) is 0.122. The topological polar surface area (TPSA) is 436 Å². The number of halogens is 2. The highest BCUT2D eigenvalue weighted by molar-refractivity contribution is 7.90. The Labute approximate surface area is 674 Å². The quantitative estimate of drug-likeness (QED) is 0.0243. The Balaban J connectivity index is 0.000000178. The SMILES string of the molecule is CC(=O)Nc1cc(Oc2ccc(NC(=O)Cc3ccc(S(C)(=O)=O)cc3)cc2)ncn1.CC(=O)Nc1cc(Oc2ccc(NC(=O)Cc3ccccc3Cl)cc2)ncn1.CC(=O)Nc1cc(Oc2ccc(NC(=O)Cc3ccccc3F)cc2)ncn1.COc1ccc(C(O)C(=O)Nc2ccc(Oc3cc(NC(C)=O)ncn3)cc2)cc1. The molecule has 32 nitrogen and oxygen atoms in total. The number of anilines is 8. The molecule has 12 aromatic rings. The number of methoxy groups -OCH3 is 1. The van der Waals surface area contributed by atoms with Gasteiger partial charge in [-0.2, -0.15) is 0 Å². The lowest BCUT2D eigenvalue weighted by atomic mass is 10.1. The molecule has 0 aliphatic rings. The largest absolute Gasteiger partial charge is 0.497 e. The lowest BCUT2D eigenvalue weighted by Gasteiger charge is -2.13. The predicted octanol–water partition coefficient (Wildman–Crippen LogP) is 13.3. The van der Waals surface area contributed by atoms with Gasteiger partial charge in [0.1, 0.15) is 83.1 Å². The molecule has 1 unspecified atom stereocenters. The van der Waals surface area contributed by atoms with Gasteiger partial charge in [0.15, 0.2) is 15.9 Å². The van der Waals surface area contributed by atoms with Gasteiger partial charge in [0.05, 0.1) is 31.3 Å². The first-order chi connectivity index (χ1) is 56.1. The summed E-state index contributed by atoms with van der Waals surface area (Å²) in [5.41, 5.74) is 4.49. The first kappa shape index (κ1) is 86.0. The minimum Gasteiger partial charge on any atom is -0.497 e. The van der Waals surface area contributed by atoms with Crippen molar-refractivity contribution in [1.82, 2.24) is 39.9 Å². The van der Waals surface area contributed by atoms with Crippen LogP contribution in [0.5, 0.6) is 52.3 Å². The van der Waals surface area contributed by atoms with E-state index in [0.29, 0.717) is 96.5 Å². The summed E-state index contributed by atoms with van der Waals surface area (Å²) < 4.78 is 64.2. The molecule has 9 N–H and O–H groups in total. The normalized spacial score (nSPS) is 10.7. The number of sulfone groups is 1. The fourth-order valence-electron chi connectivity index (χ4n) is 9.92. The summed E-state index contributed by atoms with van der Waals surface area (Å²) >= 11 is 6.08. The molecule has 117 heavy (non-hydrogen) atoms. The molecular weight excluding hydrogens is 1550 g/mol. The summed E-state index contributed by atoms with van der Waals surface area (Å²) in [6, 6.07) is 58.8. The molecule has 0 saturated heterocycles. The first-order valence-electron chi connectivity index (χ1n) is 34.9. The molecule has 0 aliphatic heterocycles. The molecule has 1 atom stereocenters. The van der Waals surface area contributed by atoms with Crippen LogP contribution in [0.15, 0.2) is 249 Å². The van der Waals surface area contributed by atoms with Crippen LogP contribution in [-0.2, 0) is 67.5 Å². The zero-order chi connectivity index (χ0) is 83.8. The molecule has 8 amide bonds. The summed E-state index contributed by atoms with van der Waals surface area (Å²) in [5, 5.41) is 31.9. The van der Waals surface area contributed by atoms with Gasteiger partial charge >= 0.3 is 0 Å². The zero-order valence-corrected chi connectivity index (χ0v) is 64.7. The summed E-state index contributed by atoms with van der Waals surface area (Å²) in [6.45, 7) is 5.52. The number of benzene rings is 8. The molecule has 0 bridgehead atoms. The highest BCUT2D eigenvalue weighted by Gasteiger charge is 2.19. The van der Waals surface area contributed by atoms with Crippen LogP contribution in [0.1, 0.15) is 56.1 Å². The molecule has 4 aromatic heterocycles. The van der Waals surface area contributed by atoms with Crippen molar-refractivity contribution < 1.29 is 80.0 Å². The molecule has 4 heterocycles. The van der Waals surface area contributed by atoms with E-state index in [4.69, 9.17) is 35.3 Å². The monoisotopic (exact) mass is 1620 g/mol. The van der Waals surface area contributed by atoms with Crippen LogP contribution in [0.3, 0.4) is 0 Å². The van der Waals surface area contributed by atoms with E-state index in [2.05, 4.69) is 82.4 Å². The van der Waals surface area contributed by atoms with Gasteiger partial charge in [-0.3, -0.25) is 38.4 Å². The van der Waals surface area contributed by atoms with Crippen molar-refractivity contribution in [2.24, 2.45) is 0 Å². The van der Waals surface area contributed by atoms with Gasteiger partial charge in [-0.15, -0.1) is 0 Å². The summed E-state index contributed by atoms with van der Waals surface area (Å²) in [5.74, 6) is 2.28. The Kier molecular flexibility index (Phi) is 31.3. The number of hydrogen-bond donors (Lipinski definition) is 9. The van der Waals surface area contributed by atoms with Crippen LogP contribution in [0.25, 0.3) is 0 Å². The van der Waals surface area contributed by atoms with Gasteiger partial charge in [-0.05, 0) is 156 Å². The van der Waals surface area contributed by atoms with E-state index in [1.165, 1.54) is 103 Å². The lowest BCUT2D eigenvalue weighted by molar-refractivity contribution is -0.124. The average Bonchev–Trinajstić information content (AvgIpc) is 0.883. The molecular formula is C82H74ClFN16O16S. The number of hydrogen-bond acceptors (Lipinski definition) is 24. The number of aliphatic hydroxyl groups is 1. The van der Waals surface area contributed by atoms with Crippen molar-refractivity contribution >= 4 is 115 Å². The van der Waals surface area contributed by atoms with Crippen LogP contribution in [0, 0.1) is 5.82 Å². The third-order valence-electron chi connectivity index (χ3n) is 15.2. The van der Waals surface area contributed by atoms with Crippen LogP contribution in [0.2, 0.25) is 5.02 Å². The number of aromatic nitrogens is 8. The highest BCUT2D eigenvalue weighted by atomic mass is 35.5. The third-order valence-corrected chi connectivity index (χ3v) is 16.7. The van der Waals surface area contributed by atoms with Crippen LogP contribution < -0.4 is 66.2 Å². The Morgan fingerprint density at radius 3 is 1.04 bits per heavy atom. The van der Waals surface area contributed by atoms with Gasteiger partial charge in [0, 0.05) is 86.0 Å². The van der Waals surface area contributed by atoms with E-state index in [-0.39, 0.29) is 89.0 Å². The zero-order valence-electron chi connectivity index (χ0n) is 63.1. The smallest absolute Gasteiger partial charge is 0.257 e. The third kappa shape index (κ3) is 29.5. The van der Waals surface area contributed by atoms with E-state index in [1.54, 1.807) is 158 Å². The van der Waals surface area contributed by atoms with Gasteiger partial charge in [-0.25, -0.2) is 52.7 Å². The average molecular weight is 1630 g/mol.